The Labute approximate surface area is 166 Å². The number of carbonyl (C=O) groups is 2. The zero-order valence-corrected chi connectivity index (χ0v) is 17.1. The van der Waals surface area contributed by atoms with Crippen LogP contribution in [0.4, 0.5) is 0 Å². The minimum Gasteiger partial charge on any atom is -0.352 e. The number of hydrogen-bond donors (Lipinski definition) is 2. The maximum Gasteiger partial charge on any atom is 0.229 e. The largest absolute Gasteiger partial charge is 0.352 e. The molecule has 2 saturated heterocycles. The third-order valence-electron chi connectivity index (χ3n) is 5.82. The Morgan fingerprint density at radius 3 is 2.79 bits per heavy atom. The predicted octanol–water partition coefficient (Wildman–Crippen LogP) is 1.40. The highest BCUT2D eigenvalue weighted by molar-refractivity contribution is 7.89. The molecule has 7 nitrogen and oxygen atoms in total. The third kappa shape index (κ3) is 4.38. The molecule has 0 bridgehead atoms. The SMILES string of the molecule is CCCCS(=O)(=O)N1CC[C@H]2NC(=O)CC[C@]2(C(=O)NCc2ccccc2)C1. The fraction of sp³-hybridized carbons (Fsp3) is 0.600. The maximum atomic E-state index is 13.2. The molecule has 3 rings (SSSR count). The Morgan fingerprint density at radius 1 is 1.32 bits per heavy atom. The standard InChI is InChI=1S/C20H29N3O4S/c1-2-3-13-28(26,27)23-12-10-17-20(15-23,11-9-18(24)22-17)19(25)21-14-16-7-5-4-6-8-16/h4-8,17H,2-3,9-15H2,1H3,(H,21,25)(H,22,24)/t17-,20+/m1/s1. The van der Waals surface area contributed by atoms with Crippen molar-refractivity contribution in [3.05, 3.63) is 35.9 Å². The average Bonchev–Trinajstić information content (AvgIpc) is 2.70. The van der Waals surface area contributed by atoms with E-state index in [9.17, 15) is 18.0 Å². The number of fused-ring (bicyclic) bond motifs is 1. The smallest absolute Gasteiger partial charge is 0.229 e. The molecule has 0 aliphatic carbocycles. The number of amides is 2. The van der Waals surface area contributed by atoms with Crippen molar-refractivity contribution in [2.24, 2.45) is 5.41 Å². The summed E-state index contributed by atoms with van der Waals surface area (Å²) in [6.45, 7) is 2.80. The second kappa shape index (κ2) is 8.61. The number of nitrogens with zero attached hydrogens (tertiary/aromatic N) is 1. The Bertz CT molecular complexity index is 812. The Balaban J connectivity index is 1.79. The lowest BCUT2D eigenvalue weighted by atomic mass is 9.70. The number of benzene rings is 1. The molecule has 0 unspecified atom stereocenters. The molecule has 1 aromatic rings. The third-order valence-corrected chi connectivity index (χ3v) is 7.73. The number of unbranched alkanes of at least 4 members (excludes halogenated alkanes) is 1. The first-order valence-corrected chi connectivity index (χ1v) is 11.6. The lowest BCUT2D eigenvalue weighted by Crippen LogP contribution is -2.66. The summed E-state index contributed by atoms with van der Waals surface area (Å²) in [7, 11) is -3.41. The molecule has 2 aliphatic rings. The van der Waals surface area contributed by atoms with E-state index >= 15 is 0 Å². The van der Waals surface area contributed by atoms with Crippen molar-refractivity contribution < 1.29 is 18.0 Å². The van der Waals surface area contributed by atoms with Crippen LogP contribution in [0.25, 0.3) is 0 Å². The fourth-order valence-corrected chi connectivity index (χ4v) is 5.83. The quantitative estimate of drug-likeness (QED) is 0.714. The summed E-state index contributed by atoms with van der Waals surface area (Å²) in [5.41, 5.74) is 0.0621. The molecule has 154 valence electrons. The minimum absolute atomic E-state index is 0.0706. The first kappa shape index (κ1) is 20.8. The summed E-state index contributed by atoms with van der Waals surface area (Å²) in [5, 5.41) is 5.91. The summed E-state index contributed by atoms with van der Waals surface area (Å²) < 4.78 is 26.9. The number of rotatable bonds is 7. The summed E-state index contributed by atoms with van der Waals surface area (Å²) in [4.78, 5) is 25.1. The van der Waals surface area contributed by atoms with E-state index in [2.05, 4.69) is 10.6 Å². The van der Waals surface area contributed by atoms with E-state index in [-0.39, 0.29) is 36.6 Å². The van der Waals surface area contributed by atoms with Gasteiger partial charge in [-0.1, -0.05) is 43.7 Å². The van der Waals surface area contributed by atoms with Crippen molar-refractivity contribution in [2.75, 3.05) is 18.8 Å². The molecule has 2 fully saturated rings. The molecule has 2 heterocycles. The van der Waals surface area contributed by atoms with E-state index in [1.165, 1.54) is 4.31 Å². The Hall–Kier alpha value is -1.93. The molecule has 28 heavy (non-hydrogen) atoms. The lowest BCUT2D eigenvalue weighted by Gasteiger charge is -2.49. The normalized spacial score (nSPS) is 25.6. The molecule has 0 saturated carbocycles. The maximum absolute atomic E-state index is 13.2. The number of sulfonamides is 1. The van der Waals surface area contributed by atoms with Crippen LogP contribution >= 0.6 is 0 Å². The van der Waals surface area contributed by atoms with Gasteiger partial charge in [-0.2, -0.15) is 0 Å². The van der Waals surface area contributed by atoms with Gasteiger partial charge in [0.15, 0.2) is 0 Å². The highest BCUT2D eigenvalue weighted by Crippen LogP contribution is 2.39. The van der Waals surface area contributed by atoms with Crippen LogP contribution in [0.2, 0.25) is 0 Å². The molecule has 0 spiro atoms. The zero-order chi connectivity index (χ0) is 20.2. The van der Waals surface area contributed by atoms with Crippen LogP contribution in [0.1, 0.15) is 44.6 Å². The average molecular weight is 408 g/mol. The van der Waals surface area contributed by atoms with Crippen molar-refractivity contribution in [3.63, 3.8) is 0 Å². The van der Waals surface area contributed by atoms with Crippen molar-refractivity contribution >= 4 is 21.8 Å². The molecular weight excluding hydrogens is 378 g/mol. The van der Waals surface area contributed by atoms with Crippen LogP contribution in [0.15, 0.2) is 30.3 Å². The van der Waals surface area contributed by atoms with Gasteiger partial charge < -0.3 is 10.6 Å². The van der Waals surface area contributed by atoms with Crippen molar-refractivity contribution in [2.45, 2.75) is 51.6 Å². The predicted molar refractivity (Wildman–Crippen MR) is 107 cm³/mol. The highest BCUT2D eigenvalue weighted by Gasteiger charge is 2.53. The van der Waals surface area contributed by atoms with E-state index in [1.807, 2.05) is 37.3 Å². The molecule has 1 aromatic carbocycles. The van der Waals surface area contributed by atoms with Gasteiger partial charge in [-0.05, 0) is 24.8 Å². The molecule has 0 aromatic heterocycles. The molecule has 2 aliphatic heterocycles. The van der Waals surface area contributed by atoms with Gasteiger partial charge in [0, 0.05) is 32.1 Å². The second-order valence-corrected chi connectivity index (χ2v) is 9.82. The second-order valence-electron chi connectivity index (χ2n) is 7.74. The van der Waals surface area contributed by atoms with Crippen molar-refractivity contribution in [1.29, 1.82) is 0 Å². The van der Waals surface area contributed by atoms with Gasteiger partial charge >= 0.3 is 0 Å². The topological polar surface area (TPSA) is 95.6 Å². The fourth-order valence-electron chi connectivity index (χ4n) is 4.11. The van der Waals surface area contributed by atoms with Crippen LogP contribution in [0.5, 0.6) is 0 Å². The molecular formula is C20H29N3O4S. The van der Waals surface area contributed by atoms with Crippen LogP contribution < -0.4 is 10.6 Å². The first-order chi connectivity index (χ1) is 13.4. The van der Waals surface area contributed by atoms with Crippen LogP contribution in [0, 0.1) is 5.41 Å². The number of piperidine rings is 2. The Kier molecular flexibility index (Phi) is 6.40. The van der Waals surface area contributed by atoms with Gasteiger partial charge in [0.2, 0.25) is 21.8 Å². The van der Waals surface area contributed by atoms with Gasteiger partial charge in [-0.25, -0.2) is 12.7 Å². The van der Waals surface area contributed by atoms with Gasteiger partial charge in [0.25, 0.3) is 0 Å². The van der Waals surface area contributed by atoms with Gasteiger partial charge in [-0.15, -0.1) is 0 Å². The molecule has 2 N–H and O–H groups in total. The lowest BCUT2D eigenvalue weighted by molar-refractivity contribution is -0.142. The summed E-state index contributed by atoms with van der Waals surface area (Å²) in [5.74, 6) is -0.155. The van der Waals surface area contributed by atoms with Gasteiger partial charge in [0.05, 0.1) is 11.2 Å². The molecule has 8 heteroatoms. The summed E-state index contributed by atoms with van der Waals surface area (Å²) >= 11 is 0. The minimum atomic E-state index is -3.41. The first-order valence-electron chi connectivity index (χ1n) is 9.97. The van der Waals surface area contributed by atoms with E-state index in [4.69, 9.17) is 0 Å². The van der Waals surface area contributed by atoms with Crippen LogP contribution in [0.3, 0.4) is 0 Å². The number of hydrogen-bond acceptors (Lipinski definition) is 4. The molecule has 0 radical (unpaired) electrons. The van der Waals surface area contributed by atoms with Gasteiger partial charge in [0.1, 0.15) is 0 Å². The summed E-state index contributed by atoms with van der Waals surface area (Å²) in [6.07, 6.45) is 2.46. The van der Waals surface area contributed by atoms with Crippen molar-refractivity contribution in [3.8, 4) is 0 Å². The molecule has 2 atom stereocenters. The number of nitrogens with one attached hydrogen (secondary N) is 2. The molecule has 2 amide bonds. The van der Waals surface area contributed by atoms with Gasteiger partial charge in [-0.3, -0.25) is 9.59 Å². The Morgan fingerprint density at radius 2 is 2.07 bits per heavy atom. The van der Waals surface area contributed by atoms with E-state index in [0.717, 1.165) is 12.0 Å². The van der Waals surface area contributed by atoms with Crippen LogP contribution in [-0.2, 0) is 26.2 Å². The van der Waals surface area contributed by atoms with Crippen molar-refractivity contribution in [1.82, 2.24) is 14.9 Å². The van der Waals surface area contributed by atoms with E-state index in [1.54, 1.807) is 0 Å². The zero-order valence-electron chi connectivity index (χ0n) is 16.3. The monoisotopic (exact) mass is 407 g/mol. The summed E-state index contributed by atoms with van der Waals surface area (Å²) in [6, 6.07) is 9.26. The number of carbonyl (C=O) groups excluding carboxylic acids is 2. The van der Waals surface area contributed by atoms with E-state index < -0.39 is 15.4 Å². The van der Waals surface area contributed by atoms with E-state index in [0.29, 0.717) is 32.4 Å². The van der Waals surface area contributed by atoms with Crippen LogP contribution in [-0.4, -0.2) is 49.4 Å². The highest BCUT2D eigenvalue weighted by atomic mass is 32.2.